The van der Waals surface area contributed by atoms with Gasteiger partial charge in [-0.3, -0.25) is 9.59 Å². The van der Waals surface area contributed by atoms with Gasteiger partial charge in [-0.1, -0.05) is 6.07 Å². The minimum Gasteiger partial charge on any atom is -0.481 e. The lowest BCUT2D eigenvalue weighted by molar-refractivity contribution is -0.142. The first-order valence-electron chi connectivity index (χ1n) is 9.72. The molecular weight excluding hydrogens is 346 g/mol. The van der Waals surface area contributed by atoms with E-state index in [4.69, 9.17) is 5.11 Å². The molecule has 3 N–H and O–H groups in total. The molecule has 0 unspecified atom stereocenters. The lowest BCUT2D eigenvalue weighted by Gasteiger charge is -2.27. The molecule has 1 aliphatic carbocycles. The number of anilines is 1. The molecule has 3 rings (SSSR count). The Morgan fingerprint density at radius 1 is 1.00 bits per heavy atom. The number of hydrogen-bond donors (Lipinski definition) is 3. The maximum Gasteiger partial charge on any atom is 0.319 e. The molecule has 1 saturated heterocycles. The lowest BCUT2D eigenvalue weighted by atomic mass is 9.86. The van der Waals surface area contributed by atoms with Crippen LogP contribution in [-0.2, 0) is 4.79 Å². The molecule has 0 bridgehead atoms. The van der Waals surface area contributed by atoms with Gasteiger partial charge in [-0.2, -0.15) is 0 Å². The Balaban J connectivity index is 1.52. The van der Waals surface area contributed by atoms with Crippen molar-refractivity contribution in [3.05, 3.63) is 29.8 Å². The van der Waals surface area contributed by atoms with E-state index in [1.807, 2.05) is 4.90 Å². The van der Waals surface area contributed by atoms with E-state index in [2.05, 4.69) is 10.6 Å². The Morgan fingerprint density at radius 2 is 1.70 bits per heavy atom. The first kappa shape index (κ1) is 19.2. The zero-order valence-electron chi connectivity index (χ0n) is 15.4. The molecule has 2 fully saturated rings. The zero-order valence-corrected chi connectivity index (χ0v) is 15.4. The second-order valence-corrected chi connectivity index (χ2v) is 7.42. The number of piperidine rings is 1. The number of urea groups is 1. The van der Waals surface area contributed by atoms with Crippen LogP contribution < -0.4 is 10.6 Å². The third kappa shape index (κ3) is 5.21. The van der Waals surface area contributed by atoms with Crippen molar-refractivity contribution in [2.24, 2.45) is 5.92 Å². The molecule has 0 radical (unpaired) electrons. The van der Waals surface area contributed by atoms with Gasteiger partial charge >= 0.3 is 12.0 Å². The van der Waals surface area contributed by atoms with Gasteiger partial charge < -0.3 is 20.6 Å². The van der Waals surface area contributed by atoms with Crippen LogP contribution in [0.5, 0.6) is 0 Å². The molecule has 1 aliphatic heterocycles. The fraction of sp³-hybridized carbons (Fsp3) is 0.550. The molecule has 1 heterocycles. The fourth-order valence-electron chi connectivity index (χ4n) is 3.85. The van der Waals surface area contributed by atoms with E-state index in [0.717, 1.165) is 25.9 Å². The predicted molar refractivity (Wildman–Crippen MR) is 102 cm³/mol. The molecule has 146 valence electrons. The van der Waals surface area contributed by atoms with Crippen LogP contribution in [0.1, 0.15) is 55.3 Å². The van der Waals surface area contributed by atoms with Gasteiger partial charge in [0, 0.05) is 30.4 Å². The molecule has 3 amide bonds. The van der Waals surface area contributed by atoms with Crippen molar-refractivity contribution in [3.63, 3.8) is 0 Å². The quantitative estimate of drug-likeness (QED) is 0.755. The van der Waals surface area contributed by atoms with Gasteiger partial charge in [-0.25, -0.2) is 4.79 Å². The van der Waals surface area contributed by atoms with Crippen molar-refractivity contribution in [3.8, 4) is 0 Å². The molecule has 27 heavy (non-hydrogen) atoms. The number of benzene rings is 1. The minimum atomic E-state index is -0.756. The van der Waals surface area contributed by atoms with Gasteiger partial charge in [-0.05, 0) is 63.1 Å². The highest BCUT2D eigenvalue weighted by Gasteiger charge is 2.26. The average Bonchev–Trinajstić information content (AvgIpc) is 2.68. The summed E-state index contributed by atoms with van der Waals surface area (Å²) in [4.78, 5) is 37.7. The summed E-state index contributed by atoms with van der Waals surface area (Å²) in [5.74, 6) is -1.05. The molecule has 1 aromatic rings. The summed E-state index contributed by atoms with van der Waals surface area (Å²) < 4.78 is 0. The van der Waals surface area contributed by atoms with Crippen molar-refractivity contribution in [2.45, 2.75) is 51.0 Å². The monoisotopic (exact) mass is 373 g/mol. The number of carbonyl (C=O) groups is 3. The summed E-state index contributed by atoms with van der Waals surface area (Å²) in [6.07, 6.45) is 5.74. The van der Waals surface area contributed by atoms with E-state index in [0.29, 0.717) is 36.9 Å². The molecule has 1 saturated carbocycles. The van der Waals surface area contributed by atoms with Crippen LogP contribution in [0.15, 0.2) is 24.3 Å². The predicted octanol–water partition coefficient (Wildman–Crippen LogP) is 3.08. The maximum atomic E-state index is 12.6. The Hall–Kier alpha value is -2.57. The Bertz CT molecular complexity index is 692. The van der Waals surface area contributed by atoms with Gasteiger partial charge in [0.1, 0.15) is 0 Å². The van der Waals surface area contributed by atoms with Crippen molar-refractivity contribution in [2.75, 3.05) is 18.4 Å². The van der Waals surface area contributed by atoms with Crippen LogP contribution in [0.2, 0.25) is 0 Å². The summed E-state index contributed by atoms with van der Waals surface area (Å²) >= 11 is 0. The molecule has 0 aromatic heterocycles. The number of nitrogens with zero attached hydrogens (tertiary/aromatic N) is 1. The van der Waals surface area contributed by atoms with Gasteiger partial charge in [-0.15, -0.1) is 0 Å². The van der Waals surface area contributed by atoms with Crippen molar-refractivity contribution in [1.82, 2.24) is 10.2 Å². The zero-order chi connectivity index (χ0) is 19.2. The Morgan fingerprint density at radius 3 is 2.37 bits per heavy atom. The number of carbonyl (C=O) groups excluding carboxylic acids is 2. The summed E-state index contributed by atoms with van der Waals surface area (Å²) in [5, 5.41) is 14.7. The van der Waals surface area contributed by atoms with Crippen LogP contribution in [0.3, 0.4) is 0 Å². The number of hydrogen-bond acceptors (Lipinski definition) is 3. The molecule has 2 aliphatic rings. The Labute approximate surface area is 159 Å². The van der Waals surface area contributed by atoms with E-state index in [-0.39, 0.29) is 23.9 Å². The van der Waals surface area contributed by atoms with Crippen LogP contribution in [0.4, 0.5) is 10.5 Å². The topological polar surface area (TPSA) is 98.7 Å². The fourth-order valence-corrected chi connectivity index (χ4v) is 3.85. The van der Waals surface area contributed by atoms with Crippen molar-refractivity contribution in [1.29, 1.82) is 0 Å². The normalized spacial score (nSPS) is 22.7. The van der Waals surface area contributed by atoms with Gasteiger partial charge in [0.05, 0.1) is 5.92 Å². The molecule has 0 spiro atoms. The Kier molecular flexibility index (Phi) is 6.32. The summed E-state index contributed by atoms with van der Waals surface area (Å²) in [5.41, 5.74) is 1.16. The number of rotatable bonds is 4. The van der Waals surface area contributed by atoms with Crippen LogP contribution >= 0.6 is 0 Å². The first-order valence-corrected chi connectivity index (χ1v) is 9.72. The number of likely N-dealkylation sites (tertiary alicyclic amines) is 1. The SMILES string of the molecule is O=C(Nc1cccc(C(=O)N2CCCCC2)c1)NC1CCC(C(=O)O)CC1. The largest absolute Gasteiger partial charge is 0.481 e. The minimum absolute atomic E-state index is 0.00533. The molecule has 1 aromatic carbocycles. The standard InChI is InChI=1S/C20H27N3O4/c24-18(23-11-2-1-3-12-23)15-5-4-6-17(13-15)22-20(27)21-16-9-7-14(8-10-16)19(25)26/h4-6,13-14,16H,1-3,7-12H2,(H,25,26)(H2,21,22,27). The first-order chi connectivity index (χ1) is 13.0. The van der Waals surface area contributed by atoms with E-state index in [9.17, 15) is 14.4 Å². The molecular formula is C20H27N3O4. The number of carboxylic acids is 1. The van der Waals surface area contributed by atoms with Crippen LogP contribution in [-0.4, -0.2) is 47.0 Å². The smallest absolute Gasteiger partial charge is 0.319 e. The molecule has 0 atom stereocenters. The third-order valence-electron chi connectivity index (χ3n) is 5.42. The number of nitrogens with one attached hydrogen (secondary N) is 2. The highest BCUT2D eigenvalue weighted by Crippen LogP contribution is 2.24. The van der Waals surface area contributed by atoms with Crippen molar-refractivity contribution >= 4 is 23.6 Å². The summed E-state index contributed by atoms with van der Waals surface area (Å²) in [6, 6.07) is 6.67. The van der Waals surface area contributed by atoms with E-state index in [1.54, 1.807) is 24.3 Å². The molecule has 7 heteroatoms. The third-order valence-corrected chi connectivity index (χ3v) is 5.42. The lowest BCUT2D eigenvalue weighted by Crippen LogP contribution is -2.41. The summed E-state index contributed by atoms with van der Waals surface area (Å²) in [6.45, 7) is 1.58. The van der Waals surface area contributed by atoms with Gasteiger partial charge in [0.15, 0.2) is 0 Å². The van der Waals surface area contributed by atoms with Gasteiger partial charge in [0.25, 0.3) is 5.91 Å². The van der Waals surface area contributed by atoms with Gasteiger partial charge in [0.2, 0.25) is 0 Å². The maximum absolute atomic E-state index is 12.6. The number of aliphatic carboxylic acids is 1. The van der Waals surface area contributed by atoms with E-state index in [1.165, 1.54) is 6.42 Å². The highest BCUT2D eigenvalue weighted by atomic mass is 16.4. The van der Waals surface area contributed by atoms with E-state index < -0.39 is 5.97 Å². The molecule has 7 nitrogen and oxygen atoms in total. The van der Waals surface area contributed by atoms with E-state index >= 15 is 0 Å². The summed E-state index contributed by atoms with van der Waals surface area (Å²) in [7, 11) is 0. The number of amides is 3. The van der Waals surface area contributed by atoms with Crippen LogP contribution in [0.25, 0.3) is 0 Å². The average molecular weight is 373 g/mol. The second kappa shape index (κ2) is 8.88. The van der Waals surface area contributed by atoms with Crippen molar-refractivity contribution < 1.29 is 19.5 Å². The second-order valence-electron chi connectivity index (χ2n) is 7.42. The highest BCUT2D eigenvalue weighted by molar-refractivity contribution is 5.97. The van der Waals surface area contributed by atoms with Crippen LogP contribution in [0, 0.1) is 5.92 Å². The number of carboxylic acid groups (broad SMARTS) is 1.